The summed E-state index contributed by atoms with van der Waals surface area (Å²) >= 11 is 0. The maximum Gasteiger partial charge on any atom is 0.273 e. The fourth-order valence-corrected chi connectivity index (χ4v) is 2.67. The minimum atomic E-state index is -4.21. The number of hydrogen-bond acceptors (Lipinski definition) is 6. The molecule has 0 spiro atoms. The summed E-state index contributed by atoms with van der Waals surface area (Å²) in [5.41, 5.74) is 4.78. The van der Waals surface area contributed by atoms with Crippen LogP contribution in [0.15, 0.2) is 28.3 Å². The van der Waals surface area contributed by atoms with Crippen molar-refractivity contribution in [3.05, 3.63) is 18.3 Å². The molecule has 0 aliphatic rings. The molecule has 11 heteroatoms. The highest BCUT2D eigenvalue weighted by atomic mass is 32.2. The number of nitrogens with one attached hydrogen (secondary N) is 1. The van der Waals surface area contributed by atoms with Gasteiger partial charge in [0.25, 0.3) is 5.92 Å². The second-order valence-electron chi connectivity index (χ2n) is 3.99. The zero-order chi connectivity index (χ0) is 15.6. The van der Waals surface area contributed by atoms with Crippen molar-refractivity contribution in [3.63, 3.8) is 0 Å². The van der Waals surface area contributed by atoms with Gasteiger partial charge in [0.2, 0.25) is 10.0 Å². The van der Waals surface area contributed by atoms with Gasteiger partial charge < -0.3 is 5.73 Å². The lowest BCUT2D eigenvalue weighted by Gasteiger charge is -2.14. The molecule has 0 unspecified atom stereocenters. The van der Waals surface area contributed by atoms with Crippen LogP contribution in [0.2, 0.25) is 0 Å². The van der Waals surface area contributed by atoms with Crippen LogP contribution in [0, 0.1) is 0 Å². The van der Waals surface area contributed by atoms with E-state index in [0.717, 1.165) is 24.6 Å². The molecule has 0 saturated heterocycles. The van der Waals surface area contributed by atoms with E-state index in [-0.39, 0.29) is 5.03 Å². The molecule has 3 N–H and O–H groups in total. The number of nitrogens with two attached hydrogens (primary N) is 1. The van der Waals surface area contributed by atoms with Crippen molar-refractivity contribution < 1.29 is 25.6 Å². The van der Waals surface area contributed by atoms with Crippen LogP contribution in [0.25, 0.3) is 0 Å². The number of halogens is 2. The van der Waals surface area contributed by atoms with E-state index in [4.69, 9.17) is 5.73 Å². The third-order valence-electron chi connectivity index (χ3n) is 2.22. The minimum Gasteiger partial charge on any atom is -0.325 e. The Balaban J connectivity index is 2.94. The normalized spacial score (nSPS) is 13.4. The highest BCUT2D eigenvalue weighted by Gasteiger charge is 2.29. The van der Waals surface area contributed by atoms with Gasteiger partial charge in [0, 0.05) is 12.5 Å². The topological polar surface area (TPSA) is 119 Å². The standard InChI is InChI=1S/C9H13F2N3O4S2/c1-19(15,16)8-3-2-7(4-13-8)20(17,18)14-6-9(10,11)5-12/h2-4,14H,5-6,12H2,1H3. The second kappa shape index (κ2) is 5.68. The fourth-order valence-electron chi connectivity index (χ4n) is 1.10. The van der Waals surface area contributed by atoms with Crippen LogP contribution in [0.5, 0.6) is 0 Å². The Morgan fingerprint density at radius 2 is 1.90 bits per heavy atom. The first-order chi connectivity index (χ1) is 8.98. The summed E-state index contributed by atoms with van der Waals surface area (Å²) in [7, 11) is -7.78. The van der Waals surface area contributed by atoms with Crippen molar-refractivity contribution in [3.8, 4) is 0 Å². The van der Waals surface area contributed by atoms with Crippen molar-refractivity contribution in [1.29, 1.82) is 0 Å². The molecule has 0 aliphatic carbocycles. The predicted octanol–water partition coefficient (Wildman–Crippen LogP) is -0.643. The lowest BCUT2D eigenvalue weighted by Crippen LogP contribution is -2.41. The van der Waals surface area contributed by atoms with Gasteiger partial charge in [-0.15, -0.1) is 0 Å². The molecular formula is C9H13F2N3O4S2. The highest BCUT2D eigenvalue weighted by molar-refractivity contribution is 7.90. The van der Waals surface area contributed by atoms with E-state index in [1.807, 2.05) is 0 Å². The Labute approximate surface area is 115 Å². The molecule has 7 nitrogen and oxygen atoms in total. The van der Waals surface area contributed by atoms with Gasteiger partial charge >= 0.3 is 0 Å². The minimum absolute atomic E-state index is 0.316. The van der Waals surface area contributed by atoms with E-state index in [1.165, 1.54) is 0 Å². The SMILES string of the molecule is CS(=O)(=O)c1ccc(S(=O)(=O)NCC(F)(F)CN)cn1. The maximum absolute atomic E-state index is 12.9. The molecular weight excluding hydrogens is 316 g/mol. The summed E-state index contributed by atoms with van der Waals surface area (Å²) in [6.45, 7) is -2.15. The van der Waals surface area contributed by atoms with Crippen molar-refractivity contribution in [1.82, 2.24) is 9.71 Å². The van der Waals surface area contributed by atoms with Crippen LogP contribution in [0.1, 0.15) is 0 Å². The number of hydrogen-bond donors (Lipinski definition) is 2. The monoisotopic (exact) mass is 329 g/mol. The summed E-state index contributed by atoms with van der Waals surface area (Å²) in [4.78, 5) is 3.04. The van der Waals surface area contributed by atoms with Gasteiger partial charge in [0.15, 0.2) is 14.9 Å². The molecule has 1 rings (SSSR count). The molecule has 0 radical (unpaired) electrons. The van der Waals surface area contributed by atoms with Gasteiger partial charge in [-0.05, 0) is 12.1 Å². The Kier molecular flexibility index (Phi) is 4.79. The molecule has 0 atom stereocenters. The third kappa shape index (κ3) is 4.44. The van der Waals surface area contributed by atoms with Crippen LogP contribution < -0.4 is 10.5 Å². The van der Waals surface area contributed by atoms with Crippen LogP contribution in [0.3, 0.4) is 0 Å². The van der Waals surface area contributed by atoms with Crippen molar-refractivity contribution in [2.75, 3.05) is 19.3 Å². The van der Waals surface area contributed by atoms with E-state index >= 15 is 0 Å². The zero-order valence-corrected chi connectivity index (χ0v) is 12.0. The largest absolute Gasteiger partial charge is 0.325 e. The quantitative estimate of drug-likeness (QED) is 0.716. The number of rotatable bonds is 6. The van der Waals surface area contributed by atoms with Gasteiger partial charge in [0.1, 0.15) is 4.90 Å². The molecule has 114 valence electrons. The van der Waals surface area contributed by atoms with Crippen molar-refractivity contribution >= 4 is 19.9 Å². The number of aromatic nitrogens is 1. The van der Waals surface area contributed by atoms with Crippen molar-refractivity contribution in [2.45, 2.75) is 15.8 Å². The molecule has 0 saturated carbocycles. The lowest BCUT2D eigenvalue weighted by atomic mass is 10.3. The van der Waals surface area contributed by atoms with Gasteiger partial charge in [-0.1, -0.05) is 0 Å². The molecule has 0 aromatic carbocycles. The lowest BCUT2D eigenvalue weighted by molar-refractivity contribution is 0.0170. The molecule has 1 heterocycles. The summed E-state index contributed by atoms with van der Waals surface area (Å²) in [5, 5.41) is -0.316. The number of nitrogens with zero attached hydrogens (tertiary/aromatic N) is 1. The van der Waals surface area contributed by atoms with Gasteiger partial charge in [-0.25, -0.2) is 35.3 Å². The number of sulfonamides is 1. The molecule has 1 aromatic heterocycles. The highest BCUT2D eigenvalue weighted by Crippen LogP contribution is 2.14. The first-order valence-electron chi connectivity index (χ1n) is 5.22. The summed E-state index contributed by atoms with van der Waals surface area (Å²) in [6.07, 6.45) is 1.68. The van der Waals surface area contributed by atoms with E-state index < -0.39 is 43.8 Å². The summed E-state index contributed by atoms with van der Waals surface area (Å²) in [6, 6.07) is 1.94. The molecule has 0 amide bonds. The van der Waals surface area contributed by atoms with Crippen LogP contribution in [-0.4, -0.2) is 47.1 Å². The van der Waals surface area contributed by atoms with Crippen LogP contribution in [-0.2, 0) is 19.9 Å². The maximum atomic E-state index is 12.9. The van der Waals surface area contributed by atoms with Gasteiger partial charge in [-0.2, -0.15) is 0 Å². The van der Waals surface area contributed by atoms with Gasteiger partial charge in [0.05, 0.1) is 13.1 Å². The molecule has 0 fully saturated rings. The van der Waals surface area contributed by atoms with E-state index in [0.29, 0.717) is 0 Å². The summed E-state index contributed by atoms with van der Waals surface area (Å²) in [5.74, 6) is -3.37. The molecule has 0 bridgehead atoms. The fraction of sp³-hybridized carbons (Fsp3) is 0.444. The molecule has 1 aromatic rings. The smallest absolute Gasteiger partial charge is 0.273 e. The average molecular weight is 329 g/mol. The van der Waals surface area contributed by atoms with Gasteiger partial charge in [-0.3, -0.25) is 0 Å². The van der Waals surface area contributed by atoms with E-state index in [2.05, 4.69) is 4.98 Å². The average Bonchev–Trinajstić information content (AvgIpc) is 2.36. The number of sulfone groups is 1. The zero-order valence-electron chi connectivity index (χ0n) is 10.4. The van der Waals surface area contributed by atoms with Crippen LogP contribution >= 0.6 is 0 Å². The van der Waals surface area contributed by atoms with Crippen LogP contribution in [0.4, 0.5) is 8.78 Å². The Morgan fingerprint density at radius 1 is 1.30 bits per heavy atom. The van der Waals surface area contributed by atoms with Crippen molar-refractivity contribution in [2.24, 2.45) is 5.73 Å². The summed E-state index contributed by atoms with van der Waals surface area (Å²) < 4.78 is 73.1. The molecule has 20 heavy (non-hydrogen) atoms. The number of alkyl halides is 2. The predicted molar refractivity (Wildman–Crippen MR) is 66.5 cm³/mol. The first kappa shape index (κ1) is 16.9. The van der Waals surface area contributed by atoms with E-state index in [1.54, 1.807) is 4.72 Å². The number of pyridine rings is 1. The Morgan fingerprint density at radius 3 is 2.30 bits per heavy atom. The third-order valence-corrected chi connectivity index (χ3v) is 4.61. The molecule has 0 aliphatic heterocycles. The Bertz CT molecular complexity index is 672. The van der Waals surface area contributed by atoms with E-state index in [9.17, 15) is 25.6 Å². The Hall–Kier alpha value is -1.17. The first-order valence-corrected chi connectivity index (χ1v) is 8.59. The second-order valence-corrected chi connectivity index (χ2v) is 7.72.